The Morgan fingerprint density at radius 3 is 2.84 bits per heavy atom. The summed E-state index contributed by atoms with van der Waals surface area (Å²) in [5.41, 5.74) is 0.313. The molecular weight excluding hydrogens is 283 g/mol. The van der Waals surface area contributed by atoms with Crippen LogP contribution in [-0.2, 0) is 0 Å². The van der Waals surface area contributed by atoms with Gasteiger partial charge in [-0.25, -0.2) is 4.39 Å². The van der Waals surface area contributed by atoms with Crippen LogP contribution < -0.4 is 10.6 Å². The van der Waals surface area contributed by atoms with E-state index in [4.69, 9.17) is 23.8 Å². The first-order valence-electron chi connectivity index (χ1n) is 6.59. The fourth-order valence-electron chi connectivity index (χ4n) is 2.45. The Kier molecular flexibility index (Phi) is 4.99. The highest BCUT2D eigenvalue weighted by Crippen LogP contribution is 2.24. The summed E-state index contributed by atoms with van der Waals surface area (Å²) in [7, 11) is 0. The first kappa shape index (κ1) is 14.5. The standard InChI is InChI=1S/C14H18ClFN2S/c1-9-4-2-3-5-12(9)17-14(19)18-13-8-10(15)6-7-11(13)16/h6-9,12H,2-5H2,1H3,(H2,17,18,19)/t9-,12+/m0/s1. The topological polar surface area (TPSA) is 24.1 Å². The molecule has 1 aliphatic rings. The average molecular weight is 301 g/mol. The first-order valence-corrected chi connectivity index (χ1v) is 7.37. The Bertz CT molecular complexity index is 467. The maximum atomic E-state index is 13.6. The van der Waals surface area contributed by atoms with Crippen LogP contribution in [0.1, 0.15) is 32.6 Å². The van der Waals surface area contributed by atoms with Crippen LogP contribution in [0.2, 0.25) is 5.02 Å². The second-order valence-corrected chi connectivity index (χ2v) is 5.94. The molecule has 1 aromatic carbocycles. The largest absolute Gasteiger partial charge is 0.359 e. The minimum Gasteiger partial charge on any atom is -0.359 e. The lowest BCUT2D eigenvalue weighted by Crippen LogP contribution is -2.43. The van der Waals surface area contributed by atoms with Gasteiger partial charge in [0.05, 0.1) is 5.69 Å². The normalized spacial score (nSPS) is 22.9. The van der Waals surface area contributed by atoms with Gasteiger partial charge in [-0.2, -0.15) is 0 Å². The van der Waals surface area contributed by atoms with Crippen molar-refractivity contribution in [1.82, 2.24) is 5.32 Å². The van der Waals surface area contributed by atoms with Crippen molar-refractivity contribution in [3.8, 4) is 0 Å². The molecule has 1 aliphatic carbocycles. The van der Waals surface area contributed by atoms with Crippen molar-refractivity contribution >= 4 is 34.6 Å². The Morgan fingerprint density at radius 2 is 2.11 bits per heavy atom. The molecule has 0 bridgehead atoms. The van der Waals surface area contributed by atoms with E-state index in [9.17, 15) is 4.39 Å². The number of nitrogens with one attached hydrogen (secondary N) is 2. The van der Waals surface area contributed by atoms with Gasteiger partial charge in [-0.1, -0.05) is 31.4 Å². The third-order valence-corrected chi connectivity index (χ3v) is 4.06. The fourth-order valence-corrected chi connectivity index (χ4v) is 2.88. The summed E-state index contributed by atoms with van der Waals surface area (Å²) in [4.78, 5) is 0. The van der Waals surface area contributed by atoms with Gasteiger partial charge >= 0.3 is 0 Å². The number of anilines is 1. The van der Waals surface area contributed by atoms with Crippen LogP contribution in [-0.4, -0.2) is 11.2 Å². The van der Waals surface area contributed by atoms with Crippen LogP contribution >= 0.6 is 23.8 Å². The lowest BCUT2D eigenvalue weighted by molar-refractivity contribution is 0.309. The van der Waals surface area contributed by atoms with Crippen LogP contribution in [0.4, 0.5) is 10.1 Å². The molecule has 0 unspecified atom stereocenters. The number of rotatable bonds is 2. The highest BCUT2D eigenvalue weighted by Gasteiger charge is 2.21. The molecule has 104 valence electrons. The summed E-state index contributed by atoms with van der Waals surface area (Å²) in [5, 5.41) is 7.10. The van der Waals surface area contributed by atoms with E-state index in [0.29, 0.717) is 27.8 Å². The predicted octanol–water partition coefficient (Wildman–Crippen LogP) is 4.34. The summed E-state index contributed by atoms with van der Waals surface area (Å²) in [6.45, 7) is 2.22. The van der Waals surface area contributed by atoms with Crippen molar-refractivity contribution in [2.45, 2.75) is 38.6 Å². The Morgan fingerprint density at radius 1 is 1.37 bits per heavy atom. The molecule has 0 aromatic heterocycles. The summed E-state index contributed by atoms with van der Waals surface area (Å²) < 4.78 is 13.6. The number of hydrogen-bond donors (Lipinski definition) is 2. The Balaban J connectivity index is 1.95. The third-order valence-electron chi connectivity index (χ3n) is 3.60. The molecule has 0 amide bonds. The van der Waals surface area contributed by atoms with E-state index in [1.165, 1.54) is 37.5 Å². The van der Waals surface area contributed by atoms with Crippen LogP contribution in [0, 0.1) is 11.7 Å². The molecule has 5 heteroatoms. The van der Waals surface area contributed by atoms with Gasteiger partial charge in [-0.05, 0) is 49.2 Å². The molecule has 0 spiro atoms. The minimum absolute atomic E-state index is 0.313. The van der Waals surface area contributed by atoms with Crippen LogP contribution in [0.3, 0.4) is 0 Å². The average Bonchev–Trinajstić information content (AvgIpc) is 2.37. The highest BCUT2D eigenvalue weighted by molar-refractivity contribution is 7.80. The van der Waals surface area contributed by atoms with E-state index < -0.39 is 0 Å². The van der Waals surface area contributed by atoms with Gasteiger partial charge in [-0.3, -0.25) is 0 Å². The fraction of sp³-hybridized carbons (Fsp3) is 0.500. The molecule has 19 heavy (non-hydrogen) atoms. The predicted molar refractivity (Wildman–Crippen MR) is 82.2 cm³/mol. The zero-order chi connectivity index (χ0) is 13.8. The molecule has 2 nitrogen and oxygen atoms in total. The van der Waals surface area contributed by atoms with Crippen LogP contribution in [0.5, 0.6) is 0 Å². The molecule has 1 fully saturated rings. The highest BCUT2D eigenvalue weighted by atomic mass is 35.5. The van der Waals surface area contributed by atoms with Crippen molar-refractivity contribution < 1.29 is 4.39 Å². The van der Waals surface area contributed by atoms with Gasteiger partial charge in [0.25, 0.3) is 0 Å². The monoisotopic (exact) mass is 300 g/mol. The zero-order valence-electron chi connectivity index (χ0n) is 10.9. The Labute approximate surface area is 123 Å². The van der Waals surface area contributed by atoms with E-state index in [2.05, 4.69) is 17.6 Å². The third kappa shape index (κ3) is 4.05. The maximum Gasteiger partial charge on any atom is 0.171 e. The molecule has 0 heterocycles. The van der Waals surface area contributed by atoms with Gasteiger partial charge in [-0.15, -0.1) is 0 Å². The van der Waals surface area contributed by atoms with Crippen molar-refractivity contribution in [3.05, 3.63) is 29.0 Å². The summed E-state index contributed by atoms with van der Waals surface area (Å²) in [6.07, 6.45) is 4.82. The first-order chi connectivity index (χ1) is 9.06. The summed E-state index contributed by atoms with van der Waals surface area (Å²) >= 11 is 11.1. The molecule has 0 aliphatic heterocycles. The van der Waals surface area contributed by atoms with Crippen molar-refractivity contribution in [3.63, 3.8) is 0 Å². The number of halogens is 2. The van der Waals surface area contributed by atoms with Crippen molar-refractivity contribution in [1.29, 1.82) is 0 Å². The van der Waals surface area contributed by atoms with Crippen LogP contribution in [0.25, 0.3) is 0 Å². The maximum absolute atomic E-state index is 13.6. The smallest absolute Gasteiger partial charge is 0.171 e. The van der Waals surface area contributed by atoms with Gasteiger partial charge in [0.1, 0.15) is 5.82 Å². The van der Waals surface area contributed by atoms with E-state index in [0.717, 1.165) is 6.42 Å². The van der Waals surface area contributed by atoms with E-state index in [1.807, 2.05) is 0 Å². The quantitative estimate of drug-likeness (QED) is 0.794. The molecule has 2 N–H and O–H groups in total. The molecule has 2 rings (SSSR count). The SMILES string of the molecule is C[C@H]1CCCC[C@H]1NC(=S)Nc1cc(Cl)ccc1F. The number of thiocarbonyl (C=S) groups is 1. The second-order valence-electron chi connectivity index (χ2n) is 5.09. The van der Waals surface area contributed by atoms with E-state index in [1.54, 1.807) is 0 Å². The summed E-state index contributed by atoms with van der Waals surface area (Å²) in [6, 6.07) is 4.75. The molecule has 1 aromatic rings. The van der Waals surface area contributed by atoms with Gasteiger partial charge < -0.3 is 10.6 Å². The lowest BCUT2D eigenvalue weighted by Gasteiger charge is -2.30. The zero-order valence-corrected chi connectivity index (χ0v) is 12.5. The van der Waals surface area contributed by atoms with Crippen molar-refractivity contribution in [2.24, 2.45) is 5.92 Å². The molecule has 0 saturated heterocycles. The van der Waals surface area contributed by atoms with Gasteiger partial charge in [0.15, 0.2) is 5.11 Å². The van der Waals surface area contributed by atoms with E-state index >= 15 is 0 Å². The molecule has 2 atom stereocenters. The van der Waals surface area contributed by atoms with Gasteiger partial charge in [0.2, 0.25) is 0 Å². The summed E-state index contributed by atoms with van der Waals surface area (Å²) in [5.74, 6) is 0.239. The Hall–Kier alpha value is -0.870. The minimum atomic E-state index is -0.356. The lowest BCUT2D eigenvalue weighted by atomic mass is 9.86. The molecule has 0 radical (unpaired) electrons. The van der Waals surface area contributed by atoms with Crippen LogP contribution in [0.15, 0.2) is 18.2 Å². The number of benzene rings is 1. The second kappa shape index (κ2) is 6.53. The number of hydrogen-bond acceptors (Lipinski definition) is 1. The van der Waals surface area contributed by atoms with Gasteiger partial charge in [0, 0.05) is 11.1 Å². The molecular formula is C14H18ClFN2S. The van der Waals surface area contributed by atoms with Crippen molar-refractivity contribution in [2.75, 3.05) is 5.32 Å². The molecule has 1 saturated carbocycles. The van der Waals surface area contributed by atoms with E-state index in [-0.39, 0.29) is 5.82 Å².